The number of aliphatic imine (C=N–C) groups is 1. The molecule has 0 spiro atoms. The zero-order chi connectivity index (χ0) is 14.7. The summed E-state index contributed by atoms with van der Waals surface area (Å²) in [6.45, 7) is 2.95. The second-order valence-corrected chi connectivity index (χ2v) is 5.47. The first-order valence-electron chi connectivity index (χ1n) is 6.64. The molecule has 0 N–H and O–H groups in total. The van der Waals surface area contributed by atoms with E-state index in [1.165, 1.54) is 12.3 Å². The Morgan fingerprint density at radius 2 is 2.00 bits per heavy atom. The minimum atomic E-state index is -0.354. The number of nitrogens with zero attached hydrogens (tertiary/aromatic N) is 2. The van der Waals surface area contributed by atoms with Gasteiger partial charge < -0.3 is 14.1 Å². The lowest BCUT2D eigenvalue weighted by molar-refractivity contribution is 0.120. The number of ether oxygens (including phenoxy) is 1. The van der Waals surface area contributed by atoms with Gasteiger partial charge in [-0.05, 0) is 28.1 Å². The van der Waals surface area contributed by atoms with Gasteiger partial charge in [0, 0.05) is 19.2 Å². The van der Waals surface area contributed by atoms with Crippen molar-refractivity contribution >= 4 is 33.7 Å². The van der Waals surface area contributed by atoms with E-state index in [-0.39, 0.29) is 11.5 Å². The second-order valence-electron chi connectivity index (χ2n) is 4.61. The molecule has 0 aliphatic carbocycles. The van der Waals surface area contributed by atoms with Gasteiger partial charge in [0.05, 0.1) is 29.6 Å². The Morgan fingerprint density at radius 3 is 2.76 bits per heavy atom. The summed E-state index contributed by atoms with van der Waals surface area (Å²) < 4.78 is 25.4. The molecule has 1 aromatic heterocycles. The van der Waals surface area contributed by atoms with Crippen LogP contribution in [0.15, 0.2) is 44.2 Å². The van der Waals surface area contributed by atoms with Crippen LogP contribution in [-0.4, -0.2) is 32.5 Å². The van der Waals surface area contributed by atoms with Gasteiger partial charge in [-0.3, -0.25) is 0 Å². The molecule has 2 heterocycles. The minimum Gasteiger partial charge on any atom is -0.438 e. The molecule has 1 fully saturated rings. The molecule has 1 aromatic carbocycles. The molecule has 0 bridgehead atoms. The third kappa shape index (κ3) is 3.33. The topological polar surface area (TPSA) is 38.0 Å². The lowest BCUT2D eigenvalue weighted by Crippen LogP contribution is -2.36. The second kappa shape index (κ2) is 6.41. The predicted molar refractivity (Wildman–Crippen MR) is 83.1 cm³/mol. The molecular formula is C15H14BrFN2O2. The first kappa shape index (κ1) is 14.3. The van der Waals surface area contributed by atoms with Crippen LogP contribution in [0.4, 0.5) is 16.0 Å². The van der Waals surface area contributed by atoms with Crippen LogP contribution < -0.4 is 4.90 Å². The van der Waals surface area contributed by atoms with Crippen LogP contribution in [0.2, 0.25) is 0 Å². The maximum atomic E-state index is 13.5. The highest BCUT2D eigenvalue weighted by Gasteiger charge is 2.18. The molecule has 1 saturated heterocycles. The van der Waals surface area contributed by atoms with Crippen LogP contribution in [0.5, 0.6) is 0 Å². The fourth-order valence-electron chi connectivity index (χ4n) is 2.11. The molecule has 2 aromatic rings. The van der Waals surface area contributed by atoms with E-state index >= 15 is 0 Å². The molecule has 3 rings (SSSR count). The fourth-order valence-corrected chi connectivity index (χ4v) is 2.67. The first-order valence-corrected chi connectivity index (χ1v) is 7.44. The highest BCUT2D eigenvalue weighted by molar-refractivity contribution is 9.10. The first-order chi connectivity index (χ1) is 10.2. The summed E-state index contributed by atoms with van der Waals surface area (Å²) >= 11 is 3.48. The van der Waals surface area contributed by atoms with E-state index in [9.17, 15) is 4.39 Å². The number of anilines is 1. The van der Waals surface area contributed by atoms with E-state index in [1.54, 1.807) is 18.2 Å². The van der Waals surface area contributed by atoms with Crippen LogP contribution in [0.25, 0.3) is 0 Å². The highest BCUT2D eigenvalue weighted by Crippen LogP contribution is 2.30. The summed E-state index contributed by atoms with van der Waals surface area (Å²) in [5.74, 6) is 0.979. The van der Waals surface area contributed by atoms with Crippen molar-refractivity contribution in [3.05, 3.63) is 46.4 Å². The van der Waals surface area contributed by atoms with E-state index in [1.807, 2.05) is 6.07 Å². The summed E-state index contributed by atoms with van der Waals surface area (Å²) in [5, 5.41) is 0. The zero-order valence-electron chi connectivity index (χ0n) is 11.3. The zero-order valence-corrected chi connectivity index (χ0v) is 12.8. The lowest BCUT2D eigenvalue weighted by atomic mass is 10.3. The number of furan rings is 1. The van der Waals surface area contributed by atoms with E-state index in [4.69, 9.17) is 9.15 Å². The molecule has 4 nitrogen and oxygen atoms in total. The molecule has 0 atom stereocenters. The number of para-hydroxylation sites is 1. The van der Waals surface area contributed by atoms with Gasteiger partial charge in [0.2, 0.25) is 5.88 Å². The SMILES string of the molecule is Fc1ccccc1N=Cc1cc(Br)c(N2CCOCC2)o1. The molecule has 0 unspecified atom stereocenters. The Labute approximate surface area is 130 Å². The fraction of sp³-hybridized carbons (Fsp3) is 0.267. The maximum Gasteiger partial charge on any atom is 0.210 e. The largest absolute Gasteiger partial charge is 0.438 e. The van der Waals surface area contributed by atoms with Crippen LogP contribution >= 0.6 is 15.9 Å². The Morgan fingerprint density at radius 1 is 1.24 bits per heavy atom. The molecule has 0 amide bonds. The van der Waals surface area contributed by atoms with Crippen molar-refractivity contribution in [2.24, 2.45) is 4.99 Å². The van der Waals surface area contributed by atoms with Crippen molar-refractivity contribution < 1.29 is 13.5 Å². The van der Waals surface area contributed by atoms with E-state index < -0.39 is 0 Å². The summed E-state index contributed by atoms with van der Waals surface area (Å²) in [5.41, 5.74) is 0.290. The predicted octanol–water partition coefficient (Wildman–Crippen LogP) is 3.77. The average Bonchev–Trinajstić information content (AvgIpc) is 2.88. The number of halogens is 2. The Balaban J connectivity index is 1.79. The van der Waals surface area contributed by atoms with Gasteiger partial charge in [0.25, 0.3) is 0 Å². The van der Waals surface area contributed by atoms with E-state index in [0.717, 1.165) is 23.4 Å². The quantitative estimate of drug-likeness (QED) is 0.789. The van der Waals surface area contributed by atoms with Crippen molar-refractivity contribution in [3.63, 3.8) is 0 Å². The standard InChI is InChI=1S/C15H14BrFN2O2/c16-12-9-11(10-18-14-4-2-1-3-13(14)17)21-15(12)19-5-7-20-8-6-19/h1-4,9-10H,5-8H2. The van der Waals surface area contributed by atoms with Gasteiger partial charge in [-0.2, -0.15) is 0 Å². The number of rotatable bonds is 3. The van der Waals surface area contributed by atoms with Crippen molar-refractivity contribution in [1.82, 2.24) is 0 Å². The Hall–Kier alpha value is -1.66. The molecule has 0 saturated carbocycles. The van der Waals surface area contributed by atoms with Crippen LogP contribution in [0.3, 0.4) is 0 Å². The lowest BCUT2D eigenvalue weighted by Gasteiger charge is -2.26. The van der Waals surface area contributed by atoms with Gasteiger partial charge in [-0.25, -0.2) is 9.38 Å². The third-order valence-corrected chi connectivity index (χ3v) is 3.74. The smallest absolute Gasteiger partial charge is 0.210 e. The van der Waals surface area contributed by atoms with Crippen molar-refractivity contribution in [3.8, 4) is 0 Å². The Kier molecular flexibility index (Phi) is 4.36. The molecule has 21 heavy (non-hydrogen) atoms. The summed E-state index contributed by atoms with van der Waals surface area (Å²) in [4.78, 5) is 6.22. The van der Waals surface area contributed by atoms with Crippen LogP contribution in [-0.2, 0) is 4.74 Å². The minimum absolute atomic E-state index is 0.290. The van der Waals surface area contributed by atoms with Gasteiger partial charge in [0.15, 0.2) is 0 Å². The molecule has 6 heteroatoms. The van der Waals surface area contributed by atoms with Crippen LogP contribution in [0, 0.1) is 5.82 Å². The maximum absolute atomic E-state index is 13.5. The van der Waals surface area contributed by atoms with Gasteiger partial charge in [-0.1, -0.05) is 12.1 Å². The molecule has 0 radical (unpaired) electrons. The van der Waals surface area contributed by atoms with E-state index in [0.29, 0.717) is 19.0 Å². The highest BCUT2D eigenvalue weighted by atomic mass is 79.9. The molecule has 1 aliphatic rings. The van der Waals surface area contributed by atoms with Gasteiger partial charge in [0.1, 0.15) is 11.6 Å². The summed E-state index contributed by atoms with van der Waals surface area (Å²) in [6.07, 6.45) is 1.52. The van der Waals surface area contributed by atoms with Gasteiger partial charge >= 0.3 is 0 Å². The number of hydrogen-bond donors (Lipinski definition) is 0. The van der Waals surface area contributed by atoms with Crippen molar-refractivity contribution in [2.75, 3.05) is 31.2 Å². The molecular weight excluding hydrogens is 339 g/mol. The van der Waals surface area contributed by atoms with E-state index in [2.05, 4.69) is 25.8 Å². The summed E-state index contributed by atoms with van der Waals surface area (Å²) in [7, 11) is 0. The summed E-state index contributed by atoms with van der Waals surface area (Å²) in [6, 6.07) is 8.20. The monoisotopic (exact) mass is 352 g/mol. The van der Waals surface area contributed by atoms with Crippen molar-refractivity contribution in [2.45, 2.75) is 0 Å². The van der Waals surface area contributed by atoms with Crippen molar-refractivity contribution in [1.29, 1.82) is 0 Å². The Bertz CT molecular complexity index is 651. The third-order valence-electron chi connectivity index (χ3n) is 3.17. The number of hydrogen-bond acceptors (Lipinski definition) is 4. The molecule has 1 aliphatic heterocycles. The number of morpholine rings is 1. The van der Waals surface area contributed by atoms with Gasteiger partial charge in [-0.15, -0.1) is 0 Å². The average molecular weight is 353 g/mol. The van der Waals surface area contributed by atoms with Crippen LogP contribution in [0.1, 0.15) is 5.76 Å². The number of benzene rings is 1. The molecule has 110 valence electrons. The normalized spacial score (nSPS) is 15.8.